The Kier molecular flexibility index (Phi) is 6.79. The van der Waals surface area contributed by atoms with Gasteiger partial charge >= 0.3 is 0 Å². The first-order valence-electron chi connectivity index (χ1n) is 11.1. The van der Waals surface area contributed by atoms with Gasteiger partial charge < -0.3 is 13.9 Å². The van der Waals surface area contributed by atoms with E-state index in [0.29, 0.717) is 13.2 Å². The van der Waals surface area contributed by atoms with Crippen molar-refractivity contribution in [3.63, 3.8) is 0 Å². The lowest BCUT2D eigenvalue weighted by Gasteiger charge is -2.49. The first-order chi connectivity index (χ1) is 13.5. The molecular formula is C23H38BrNO3Si. The standard InChI is InChI=1S/C23H38BrNO3Si/c1-17(15-24)19(28-29(5,6)21(2,3)4)14-22-9-7-8-18(16-25)20(22)23(11-10-22)26-12-13-27-23/h18-20H,1,7-15H2,2-6H3/t18-,19+,20-,22-/m0/s1. The van der Waals surface area contributed by atoms with Crippen molar-refractivity contribution in [1.29, 1.82) is 5.26 Å². The summed E-state index contributed by atoms with van der Waals surface area (Å²) >= 11 is 3.63. The van der Waals surface area contributed by atoms with Crippen molar-refractivity contribution < 1.29 is 13.9 Å². The first kappa shape index (κ1) is 23.5. The number of hydrogen-bond donors (Lipinski definition) is 0. The molecule has 3 aliphatic rings. The Morgan fingerprint density at radius 1 is 1.28 bits per heavy atom. The summed E-state index contributed by atoms with van der Waals surface area (Å²) in [5, 5.41) is 10.9. The van der Waals surface area contributed by atoms with Gasteiger partial charge in [0.1, 0.15) is 0 Å². The third-order valence-electron chi connectivity index (χ3n) is 8.10. The average molecular weight is 485 g/mol. The Hall–Kier alpha value is -0.193. The van der Waals surface area contributed by atoms with Crippen molar-refractivity contribution in [2.24, 2.45) is 17.3 Å². The quantitative estimate of drug-likeness (QED) is 0.257. The summed E-state index contributed by atoms with van der Waals surface area (Å²) < 4.78 is 19.4. The molecule has 4 nitrogen and oxygen atoms in total. The van der Waals surface area contributed by atoms with E-state index in [4.69, 9.17) is 13.9 Å². The molecule has 3 rings (SSSR count). The predicted octanol–water partition coefficient (Wildman–Crippen LogP) is 6.18. The Labute approximate surface area is 186 Å². The highest BCUT2D eigenvalue weighted by Crippen LogP contribution is 2.63. The molecule has 1 saturated heterocycles. The minimum Gasteiger partial charge on any atom is -0.410 e. The molecule has 1 spiro atoms. The van der Waals surface area contributed by atoms with Crippen LogP contribution in [-0.4, -0.2) is 38.8 Å². The van der Waals surface area contributed by atoms with E-state index in [1.165, 1.54) is 0 Å². The second kappa shape index (κ2) is 8.39. The summed E-state index contributed by atoms with van der Waals surface area (Å²) in [4.78, 5) is 0. The fourth-order valence-corrected chi connectivity index (χ4v) is 7.25. The van der Waals surface area contributed by atoms with Crippen LogP contribution in [0.2, 0.25) is 18.1 Å². The second-order valence-corrected chi connectivity index (χ2v) is 16.2. The van der Waals surface area contributed by atoms with E-state index in [-0.39, 0.29) is 28.4 Å². The van der Waals surface area contributed by atoms with Crippen LogP contribution in [0.4, 0.5) is 0 Å². The molecule has 1 heterocycles. The van der Waals surface area contributed by atoms with Crippen molar-refractivity contribution >= 4 is 24.2 Å². The number of halogens is 1. The Morgan fingerprint density at radius 2 is 1.93 bits per heavy atom. The zero-order chi connectivity index (χ0) is 21.5. The van der Waals surface area contributed by atoms with E-state index in [1.807, 2.05) is 0 Å². The summed E-state index contributed by atoms with van der Waals surface area (Å²) in [6, 6.07) is 2.62. The third-order valence-corrected chi connectivity index (χ3v) is 13.3. The summed E-state index contributed by atoms with van der Waals surface area (Å²) in [6.45, 7) is 17.1. The number of fused-ring (bicyclic) bond motifs is 2. The van der Waals surface area contributed by atoms with Crippen LogP contribution in [0.1, 0.15) is 59.3 Å². The van der Waals surface area contributed by atoms with Crippen LogP contribution < -0.4 is 0 Å². The molecule has 0 amide bonds. The summed E-state index contributed by atoms with van der Waals surface area (Å²) in [5.74, 6) is -0.432. The number of rotatable bonds is 6. The van der Waals surface area contributed by atoms with Gasteiger partial charge in [0.25, 0.3) is 0 Å². The fourth-order valence-electron chi connectivity index (χ4n) is 5.58. The molecule has 0 radical (unpaired) electrons. The zero-order valence-electron chi connectivity index (χ0n) is 18.9. The second-order valence-electron chi connectivity index (χ2n) is 10.8. The molecule has 29 heavy (non-hydrogen) atoms. The van der Waals surface area contributed by atoms with E-state index in [2.05, 4.69) is 62.4 Å². The van der Waals surface area contributed by atoms with Gasteiger partial charge in [0.05, 0.1) is 31.3 Å². The van der Waals surface area contributed by atoms with E-state index in [1.54, 1.807) is 0 Å². The molecule has 3 fully saturated rings. The molecule has 4 atom stereocenters. The van der Waals surface area contributed by atoms with Gasteiger partial charge in [0.15, 0.2) is 14.1 Å². The van der Waals surface area contributed by atoms with Crippen molar-refractivity contribution in [1.82, 2.24) is 0 Å². The third kappa shape index (κ3) is 4.28. The molecular weight excluding hydrogens is 446 g/mol. The number of ether oxygens (including phenoxy) is 2. The lowest BCUT2D eigenvalue weighted by atomic mass is 9.60. The summed E-state index contributed by atoms with van der Waals surface area (Å²) in [5.41, 5.74) is 1.14. The van der Waals surface area contributed by atoms with Crippen LogP contribution in [-0.2, 0) is 13.9 Å². The van der Waals surface area contributed by atoms with Gasteiger partial charge in [-0.05, 0) is 54.8 Å². The maximum atomic E-state index is 9.97. The van der Waals surface area contributed by atoms with E-state index in [9.17, 15) is 5.26 Å². The molecule has 0 aromatic heterocycles. The fraction of sp³-hybridized carbons (Fsp3) is 0.870. The van der Waals surface area contributed by atoms with Crippen LogP contribution in [0.3, 0.4) is 0 Å². The Bertz CT molecular complexity index is 662. The van der Waals surface area contributed by atoms with Crippen LogP contribution in [0.25, 0.3) is 0 Å². The largest absolute Gasteiger partial charge is 0.410 e. The van der Waals surface area contributed by atoms with Crippen molar-refractivity contribution in [2.45, 2.75) is 89.3 Å². The number of nitrogens with zero attached hydrogens (tertiary/aromatic N) is 1. The summed E-state index contributed by atoms with van der Waals surface area (Å²) in [6.07, 6.45) is 6.03. The molecule has 0 aromatic rings. The van der Waals surface area contributed by atoms with Crippen LogP contribution in [0.5, 0.6) is 0 Å². The first-order valence-corrected chi connectivity index (χ1v) is 15.1. The van der Waals surface area contributed by atoms with Gasteiger partial charge in [0.2, 0.25) is 0 Å². The Morgan fingerprint density at radius 3 is 2.48 bits per heavy atom. The minimum atomic E-state index is -1.95. The monoisotopic (exact) mass is 483 g/mol. The topological polar surface area (TPSA) is 51.5 Å². The SMILES string of the molecule is C=C(CBr)[C@@H](C[C@@]12CCC[C@@H](C#N)[C@@H]1C1(CC2)OCCO1)O[Si](C)(C)C(C)(C)C. The van der Waals surface area contributed by atoms with Crippen molar-refractivity contribution in [3.8, 4) is 6.07 Å². The van der Waals surface area contributed by atoms with Crippen molar-refractivity contribution in [3.05, 3.63) is 12.2 Å². The van der Waals surface area contributed by atoms with Crippen LogP contribution >= 0.6 is 15.9 Å². The maximum Gasteiger partial charge on any atom is 0.192 e. The normalized spacial score (nSPS) is 32.7. The van der Waals surface area contributed by atoms with Crippen LogP contribution in [0.15, 0.2) is 12.2 Å². The molecule has 164 valence electrons. The van der Waals surface area contributed by atoms with Gasteiger partial charge in [-0.1, -0.05) is 49.7 Å². The van der Waals surface area contributed by atoms with E-state index in [0.717, 1.165) is 49.4 Å². The number of hydrogen-bond acceptors (Lipinski definition) is 4. The molecule has 0 unspecified atom stereocenters. The van der Waals surface area contributed by atoms with Gasteiger partial charge in [-0.25, -0.2) is 0 Å². The highest BCUT2D eigenvalue weighted by atomic mass is 79.9. The highest BCUT2D eigenvalue weighted by molar-refractivity contribution is 9.09. The predicted molar refractivity (Wildman–Crippen MR) is 122 cm³/mol. The maximum absolute atomic E-state index is 9.97. The van der Waals surface area contributed by atoms with Gasteiger partial charge in [-0.2, -0.15) is 5.26 Å². The lowest BCUT2D eigenvalue weighted by molar-refractivity contribution is -0.210. The molecule has 0 bridgehead atoms. The van der Waals surface area contributed by atoms with Crippen molar-refractivity contribution in [2.75, 3.05) is 18.5 Å². The highest BCUT2D eigenvalue weighted by Gasteiger charge is 2.64. The molecule has 2 saturated carbocycles. The van der Waals surface area contributed by atoms with Gasteiger partial charge in [-0.3, -0.25) is 0 Å². The molecule has 2 aliphatic carbocycles. The van der Waals surface area contributed by atoms with Gasteiger partial charge in [0, 0.05) is 17.7 Å². The molecule has 0 aromatic carbocycles. The molecule has 6 heteroatoms. The van der Waals surface area contributed by atoms with E-state index < -0.39 is 14.1 Å². The van der Waals surface area contributed by atoms with Gasteiger partial charge in [-0.15, -0.1) is 0 Å². The van der Waals surface area contributed by atoms with E-state index >= 15 is 0 Å². The zero-order valence-corrected chi connectivity index (χ0v) is 21.4. The Balaban J connectivity index is 1.93. The average Bonchev–Trinajstić information content (AvgIpc) is 3.25. The number of alkyl halides is 1. The smallest absolute Gasteiger partial charge is 0.192 e. The minimum absolute atomic E-state index is 0.00453. The molecule has 1 aliphatic heterocycles. The molecule has 0 N–H and O–H groups in total. The van der Waals surface area contributed by atoms with Crippen LogP contribution in [0, 0.1) is 28.6 Å². The number of nitriles is 1. The summed E-state index contributed by atoms with van der Waals surface area (Å²) in [7, 11) is -1.95. The lowest BCUT2D eigenvalue weighted by Crippen LogP contribution is -2.50.